The van der Waals surface area contributed by atoms with Crippen molar-refractivity contribution in [3.8, 4) is 17.2 Å². The summed E-state index contributed by atoms with van der Waals surface area (Å²) in [5.41, 5.74) is 0.959. The Bertz CT molecular complexity index is 818. The van der Waals surface area contributed by atoms with E-state index in [0.717, 1.165) is 5.56 Å². The lowest BCUT2D eigenvalue weighted by atomic mass is 10.2. The quantitative estimate of drug-likeness (QED) is 0.474. The molecule has 3 rings (SSSR count). The van der Waals surface area contributed by atoms with Crippen molar-refractivity contribution in [3.63, 3.8) is 0 Å². The minimum atomic E-state index is 0.319. The molecule has 0 fully saturated rings. The Kier molecular flexibility index (Phi) is 5.52. The molecule has 0 unspecified atom stereocenters. The zero-order chi connectivity index (χ0) is 16.9. The zero-order valence-electron chi connectivity index (χ0n) is 12.5. The summed E-state index contributed by atoms with van der Waals surface area (Å²) < 4.78 is 11.7. The molecule has 2 nitrogen and oxygen atoms in total. The molecule has 0 radical (unpaired) electrons. The third-order valence-corrected chi connectivity index (χ3v) is 4.32. The average Bonchev–Trinajstić information content (AvgIpc) is 2.60. The fraction of sp³-hybridized carbons (Fsp3) is 0.0526. The first-order valence-corrected chi connectivity index (χ1v) is 8.35. The highest BCUT2D eigenvalue weighted by Gasteiger charge is 2.15. The molecule has 0 spiro atoms. The van der Waals surface area contributed by atoms with Crippen molar-refractivity contribution in [1.29, 1.82) is 0 Å². The van der Waals surface area contributed by atoms with Crippen molar-refractivity contribution in [2.75, 3.05) is 0 Å². The molecule has 0 aliphatic carbocycles. The van der Waals surface area contributed by atoms with Gasteiger partial charge in [-0.05, 0) is 42.0 Å². The van der Waals surface area contributed by atoms with Crippen molar-refractivity contribution in [1.82, 2.24) is 0 Å². The molecule has 0 saturated heterocycles. The van der Waals surface area contributed by atoms with Crippen LogP contribution in [-0.4, -0.2) is 0 Å². The number of ether oxygens (including phenoxy) is 2. The van der Waals surface area contributed by atoms with Crippen LogP contribution in [0.5, 0.6) is 17.2 Å². The smallest absolute Gasteiger partial charge is 0.182 e. The van der Waals surface area contributed by atoms with E-state index in [9.17, 15) is 0 Å². The van der Waals surface area contributed by atoms with E-state index in [-0.39, 0.29) is 0 Å². The van der Waals surface area contributed by atoms with Crippen molar-refractivity contribution >= 4 is 34.8 Å². The average molecular weight is 380 g/mol. The van der Waals surface area contributed by atoms with E-state index in [1.807, 2.05) is 42.5 Å². The molecule has 3 aromatic carbocycles. The van der Waals surface area contributed by atoms with Gasteiger partial charge in [-0.1, -0.05) is 65.1 Å². The Morgan fingerprint density at radius 2 is 1.46 bits per heavy atom. The SMILES string of the molecule is Clc1ccc(COc2c(Oc3ccccc3)ccc(Cl)c2Cl)cc1. The van der Waals surface area contributed by atoms with Crippen LogP contribution in [0.4, 0.5) is 0 Å². The zero-order valence-corrected chi connectivity index (χ0v) is 14.8. The summed E-state index contributed by atoms with van der Waals surface area (Å²) in [6.07, 6.45) is 0. The molecule has 0 atom stereocenters. The van der Waals surface area contributed by atoms with Crippen LogP contribution in [0, 0.1) is 0 Å². The molecule has 3 aromatic rings. The van der Waals surface area contributed by atoms with E-state index >= 15 is 0 Å². The van der Waals surface area contributed by atoms with E-state index in [4.69, 9.17) is 44.3 Å². The van der Waals surface area contributed by atoms with Crippen LogP contribution in [0.1, 0.15) is 5.56 Å². The van der Waals surface area contributed by atoms with Crippen molar-refractivity contribution < 1.29 is 9.47 Å². The second-order valence-corrected chi connectivity index (χ2v) is 6.24. The monoisotopic (exact) mass is 378 g/mol. The molecule has 0 aliphatic rings. The van der Waals surface area contributed by atoms with Gasteiger partial charge in [0.1, 0.15) is 17.4 Å². The molecule has 0 N–H and O–H groups in total. The summed E-state index contributed by atoms with van der Waals surface area (Å²) in [6.45, 7) is 0.322. The van der Waals surface area contributed by atoms with Gasteiger partial charge >= 0.3 is 0 Å². The lowest BCUT2D eigenvalue weighted by molar-refractivity contribution is 0.292. The van der Waals surface area contributed by atoms with Gasteiger partial charge in [0.05, 0.1) is 5.02 Å². The summed E-state index contributed by atoms with van der Waals surface area (Å²) >= 11 is 18.3. The Morgan fingerprint density at radius 3 is 2.17 bits per heavy atom. The second-order valence-electron chi connectivity index (χ2n) is 5.02. The number of hydrogen-bond acceptors (Lipinski definition) is 2. The highest BCUT2D eigenvalue weighted by Crippen LogP contribution is 2.42. The molecule has 0 aromatic heterocycles. The van der Waals surface area contributed by atoms with Gasteiger partial charge in [0, 0.05) is 5.02 Å². The number of para-hydroxylation sites is 1. The lowest BCUT2D eigenvalue weighted by Gasteiger charge is -2.15. The summed E-state index contributed by atoms with van der Waals surface area (Å²) in [5.74, 6) is 1.60. The Hall–Kier alpha value is -1.87. The van der Waals surface area contributed by atoms with E-state index in [2.05, 4.69) is 0 Å². The summed E-state index contributed by atoms with van der Waals surface area (Å²) in [6, 6.07) is 20.2. The highest BCUT2D eigenvalue weighted by atomic mass is 35.5. The van der Waals surface area contributed by atoms with Gasteiger partial charge in [0.25, 0.3) is 0 Å². The summed E-state index contributed by atoms with van der Waals surface area (Å²) in [4.78, 5) is 0. The third kappa shape index (κ3) is 4.15. The summed E-state index contributed by atoms with van der Waals surface area (Å²) in [5, 5.41) is 1.40. The number of benzene rings is 3. The van der Waals surface area contributed by atoms with Crippen LogP contribution in [0.15, 0.2) is 66.7 Å². The molecule has 24 heavy (non-hydrogen) atoms. The van der Waals surface area contributed by atoms with Crippen LogP contribution in [-0.2, 0) is 6.61 Å². The topological polar surface area (TPSA) is 18.5 Å². The lowest BCUT2D eigenvalue weighted by Crippen LogP contribution is -1.98. The Morgan fingerprint density at radius 1 is 0.750 bits per heavy atom. The molecule has 122 valence electrons. The van der Waals surface area contributed by atoms with E-state index in [1.165, 1.54) is 0 Å². The summed E-state index contributed by atoms with van der Waals surface area (Å²) in [7, 11) is 0. The molecular formula is C19H13Cl3O2. The highest BCUT2D eigenvalue weighted by molar-refractivity contribution is 6.43. The minimum Gasteiger partial charge on any atom is -0.483 e. The molecule has 5 heteroatoms. The van der Waals surface area contributed by atoms with Crippen LogP contribution < -0.4 is 9.47 Å². The predicted octanol–water partition coefficient (Wildman–Crippen LogP) is 7.02. The fourth-order valence-electron chi connectivity index (χ4n) is 2.08. The molecule has 0 heterocycles. The first-order valence-electron chi connectivity index (χ1n) is 7.21. The van der Waals surface area contributed by atoms with Crippen molar-refractivity contribution in [2.24, 2.45) is 0 Å². The van der Waals surface area contributed by atoms with E-state index in [0.29, 0.717) is 38.9 Å². The van der Waals surface area contributed by atoms with Gasteiger partial charge in [-0.3, -0.25) is 0 Å². The second kappa shape index (κ2) is 7.80. The number of hydrogen-bond donors (Lipinski definition) is 0. The maximum atomic E-state index is 6.30. The van der Waals surface area contributed by atoms with Crippen LogP contribution in [0.2, 0.25) is 15.1 Å². The maximum Gasteiger partial charge on any atom is 0.182 e. The van der Waals surface area contributed by atoms with Gasteiger partial charge in [-0.2, -0.15) is 0 Å². The predicted molar refractivity (Wildman–Crippen MR) is 98.8 cm³/mol. The van der Waals surface area contributed by atoms with E-state index in [1.54, 1.807) is 24.3 Å². The minimum absolute atomic E-state index is 0.319. The van der Waals surface area contributed by atoms with Crippen LogP contribution >= 0.6 is 34.8 Å². The molecule has 0 aliphatic heterocycles. The largest absolute Gasteiger partial charge is 0.483 e. The first kappa shape index (κ1) is 17.0. The third-order valence-electron chi connectivity index (χ3n) is 3.28. The number of rotatable bonds is 5. The first-order chi connectivity index (χ1) is 11.6. The fourth-order valence-corrected chi connectivity index (χ4v) is 2.57. The molecular weight excluding hydrogens is 367 g/mol. The Labute approximate surface area is 155 Å². The standard InChI is InChI=1S/C19H13Cl3O2/c20-14-8-6-13(7-9-14)12-23-19-17(11-10-16(21)18(19)22)24-15-4-2-1-3-5-15/h1-11H,12H2. The Balaban J connectivity index is 1.84. The maximum absolute atomic E-state index is 6.30. The number of halogens is 3. The van der Waals surface area contributed by atoms with Gasteiger partial charge in [-0.25, -0.2) is 0 Å². The molecule has 0 bridgehead atoms. The van der Waals surface area contributed by atoms with Crippen LogP contribution in [0.3, 0.4) is 0 Å². The van der Waals surface area contributed by atoms with Crippen LogP contribution in [0.25, 0.3) is 0 Å². The van der Waals surface area contributed by atoms with E-state index < -0.39 is 0 Å². The molecule has 0 amide bonds. The van der Waals surface area contributed by atoms with Gasteiger partial charge in [-0.15, -0.1) is 0 Å². The van der Waals surface area contributed by atoms with Crippen molar-refractivity contribution in [3.05, 3.63) is 87.4 Å². The van der Waals surface area contributed by atoms with Gasteiger partial charge < -0.3 is 9.47 Å². The van der Waals surface area contributed by atoms with Gasteiger partial charge in [0.15, 0.2) is 11.5 Å². The van der Waals surface area contributed by atoms with Gasteiger partial charge in [0.2, 0.25) is 0 Å². The van der Waals surface area contributed by atoms with Crippen molar-refractivity contribution in [2.45, 2.75) is 6.61 Å². The molecule has 0 saturated carbocycles. The normalized spacial score (nSPS) is 10.5.